The Morgan fingerprint density at radius 1 is 1.08 bits per heavy atom. The summed E-state index contributed by atoms with van der Waals surface area (Å²) in [4.78, 5) is 14.3. The van der Waals surface area contributed by atoms with Crippen molar-refractivity contribution in [1.29, 1.82) is 5.26 Å². The quantitative estimate of drug-likeness (QED) is 0.544. The topological polar surface area (TPSA) is 93.5 Å². The second-order valence-electron chi connectivity index (χ2n) is 9.92. The normalized spacial score (nSPS) is 24.5. The van der Waals surface area contributed by atoms with Gasteiger partial charge < -0.3 is 10.2 Å². The third kappa shape index (κ3) is 6.14. The van der Waals surface area contributed by atoms with Gasteiger partial charge in [0.1, 0.15) is 5.54 Å². The second kappa shape index (κ2) is 9.65. The summed E-state index contributed by atoms with van der Waals surface area (Å²) in [5.41, 5.74) is -2.18. The highest BCUT2D eigenvalue weighted by atomic mass is 32.2. The molecule has 3 fully saturated rings. The molecule has 0 aromatic heterocycles. The molecule has 0 unspecified atom stereocenters. The summed E-state index contributed by atoms with van der Waals surface area (Å²) >= 11 is 0. The standard InChI is InChI=1S/C23H26F6N4O3S/c24-22(25,26)14-32-7-9-33(10-8-32)16-2-4-19(18(12-16)23(27,28)29)37(35,36)17-3-1-15(11-17)20(34)31-21(13-30)5-6-21/h2,4,12,15,17H,1,3,5-11,14H2,(H,31,34)/t15-,17-/m1/s1. The third-order valence-electron chi connectivity index (χ3n) is 7.24. The van der Waals surface area contributed by atoms with E-state index in [2.05, 4.69) is 5.32 Å². The number of alkyl halides is 6. The SMILES string of the molecule is N#CC1(NC(=O)[C@@H]2CC[C@@H](S(=O)(=O)c3ccc(N4CCN(CC(F)(F)F)CC4)cc3C(F)(F)F)C2)CC1. The minimum atomic E-state index is -4.99. The minimum absolute atomic E-state index is 0.000471. The molecule has 2 atom stereocenters. The number of carbonyl (C=O) groups excluding carboxylic acids is 1. The van der Waals surface area contributed by atoms with Gasteiger partial charge in [-0.15, -0.1) is 0 Å². The minimum Gasteiger partial charge on any atom is -0.369 e. The molecule has 1 saturated heterocycles. The van der Waals surface area contributed by atoms with Crippen molar-refractivity contribution < 1.29 is 39.6 Å². The lowest BCUT2D eigenvalue weighted by Crippen LogP contribution is -2.49. The average molecular weight is 553 g/mol. The predicted molar refractivity (Wildman–Crippen MR) is 120 cm³/mol. The Morgan fingerprint density at radius 3 is 2.27 bits per heavy atom. The fourth-order valence-electron chi connectivity index (χ4n) is 4.97. The van der Waals surface area contributed by atoms with Crippen LogP contribution in [-0.4, -0.2) is 68.9 Å². The summed E-state index contributed by atoms with van der Waals surface area (Å²) in [6, 6.07) is 4.88. The number of rotatable bonds is 6. The van der Waals surface area contributed by atoms with E-state index in [9.17, 15) is 39.6 Å². The van der Waals surface area contributed by atoms with Crippen LogP contribution in [0.3, 0.4) is 0 Å². The van der Waals surface area contributed by atoms with E-state index in [1.165, 1.54) is 11.0 Å². The van der Waals surface area contributed by atoms with Gasteiger partial charge in [-0.2, -0.15) is 31.6 Å². The molecule has 0 spiro atoms. The Bertz CT molecular complexity index is 1180. The zero-order chi connectivity index (χ0) is 27.2. The average Bonchev–Trinajstić information content (AvgIpc) is 3.39. The van der Waals surface area contributed by atoms with Crippen molar-refractivity contribution in [2.75, 3.05) is 37.6 Å². The van der Waals surface area contributed by atoms with E-state index in [0.29, 0.717) is 12.8 Å². The van der Waals surface area contributed by atoms with Crippen LogP contribution in [0.5, 0.6) is 0 Å². The molecule has 14 heteroatoms. The van der Waals surface area contributed by atoms with Gasteiger partial charge in [-0.05, 0) is 50.3 Å². The lowest BCUT2D eigenvalue weighted by Gasteiger charge is -2.36. The van der Waals surface area contributed by atoms with Gasteiger partial charge in [0.15, 0.2) is 9.84 Å². The number of nitrogens with zero attached hydrogens (tertiary/aromatic N) is 3. The number of nitrogens with one attached hydrogen (secondary N) is 1. The monoisotopic (exact) mass is 552 g/mol. The Kier molecular flexibility index (Phi) is 7.17. The summed E-state index contributed by atoms with van der Waals surface area (Å²) in [5.74, 6) is -1.18. The maximum atomic E-state index is 14.0. The largest absolute Gasteiger partial charge is 0.417 e. The van der Waals surface area contributed by atoms with Crippen molar-refractivity contribution in [3.63, 3.8) is 0 Å². The second-order valence-corrected chi connectivity index (χ2v) is 12.1. The molecule has 3 aliphatic rings. The molecule has 4 rings (SSSR count). The zero-order valence-corrected chi connectivity index (χ0v) is 20.5. The first-order valence-electron chi connectivity index (χ1n) is 11.9. The summed E-state index contributed by atoms with van der Waals surface area (Å²) < 4.78 is 106. The van der Waals surface area contributed by atoms with Crippen molar-refractivity contribution in [2.45, 2.75) is 60.1 Å². The predicted octanol–water partition coefficient (Wildman–Crippen LogP) is 3.50. The van der Waals surface area contributed by atoms with E-state index in [1.807, 2.05) is 6.07 Å². The summed E-state index contributed by atoms with van der Waals surface area (Å²) in [6.07, 6.45) is -8.31. The molecular formula is C23H26F6N4O3S. The first-order valence-corrected chi connectivity index (χ1v) is 13.4. The van der Waals surface area contributed by atoms with Gasteiger partial charge in [0.05, 0.1) is 28.3 Å². The van der Waals surface area contributed by atoms with Gasteiger partial charge in [-0.3, -0.25) is 9.69 Å². The molecule has 1 aromatic rings. The van der Waals surface area contributed by atoms with Gasteiger partial charge in [-0.25, -0.2) is 8.42 Å². The molecule has 0 bridgehead atoms. The number of sulfone groups is 1. The van der Waals surface area contributed by atoms with E-state index < -0.39 is 61.8 Å². The van der Waals surface area contributed by atoms with Crippen molar-refractivity contribution in [1.82, 2.24) is 10.2 Å². The molecule has 204 valence electrons. The van der Waals surface area contributed by atoms with Crippen LogP contribution < -0.4 is 10.2 Å². The number of hydrogen-bond acceptors (Lipinski definition) is 6. The van der Waals surface area contributed by atoms with Crippen LogP contribution in [0.1, 0.15) is 37.7 Å². The highest BCUT2D eigenvalue weighted by Gasteiger charge is 2.48. The number of nitriles is 1. The first-order chi connectivity index (χ1) is 17.1. The fraction of sp³-hybridized carbons (Fsp3) is 0.652. The highest BCUT2D eigenvalue weighted by Crippen LogP contribution is 2.42. The number of piperazine rings is 1. The maximum absolute atomic E-state index is 14.0. The number of benzene rings is 1. The number of halogens is 6. The van der Waals surface area contributed by atoms with Crippen LogP contribution in [0.2, 0.25) is 0 Å². The van der Waals surface area contributed by atoms with E-state index in [4.69, 9.17) is 5.26 Å². The Morgan fingerprint density at radius 2 is 1.73 bits per heavy atom. The molecule has 2 aliphatic carbocycles. The third-order valence-corrected chi connectivity index (χ3v) is 9.51. The van der Waals surface area contributed by atoms with Gasteiger partial charge in [0, 0.05) is 37.8 Å². The van der Waals surface area contributed by atoms with E-state index in [0.717, 1.165) is 17.0 Å². The van der Waals surface area contributed by atoms with Crippen LogP contribution in [0.15, 0.2) is 23.1 Å². The fourth-order valence-corrected chi connectivity index (χ4v) is 7.00. The molecule has 0 radical (unpaired) electrons. The van der Waals surface area contributed by atoms with Crippen molar-refractivity contribution >= 4 is 21.4 Å². The van der Waals surface area contributed by atoms with Crippen LogP contribution in [-0.2, 0) is 20.8 Å². The molecule has 1 heterocycles. The Balaban J connectivity index is 1.50. The van der Waals surface area contributed by atoms with Gasteiger partial charge in [0.25, 0.3) is 0 Å². The van der Waals surface area contributed by atoms with E-state index in [-0.39, 0.29) is 51.1 Å². The zero-order valence-electron chi connectivity index (χ0n) is 19.7. The maximum Gasteiger partial charge on any atom is 0.417 e. The molecule has 1 amide bonds. The van der Waals surface area contributed by atoms with Crippen LogP contribution >= 0.6 is 0 Å². The molecule has 1 aliphatic heterocycles. The molecule has 1 aromatic carbocycles. The number of carbonyl (C=O) groups is 1. The van der Waals surface area contributed by atoms with E-state index >= 15 is 0 Å². The van der Waals surface area contributed by atoms with Gasteiger partial charge >= 0.3 is 12.4 Å². The van der Waals surface area contributed by atoms with Crippen molar-refractivity contribution in [3.05, 3.63) is 23.8 Å². The molecule has 37 heavy (non-hydrogen) atoms. The van der Waals surface area contributed by atoms with Crippen molar-refractivity contribution in [2.24, 2.45) is 5.92 Å². The highest BCUT2D eigenvalue weighted by molar-refractivity contribution is 7.92. The summed E-state index contributed by atoms with van der Waals surface area (Å²) in [5, 5.41) is 10.6. The molecule has 7 nitrogen and oxygen atoms in total. The van der Waals surface area contributed by atoms with Crippen molar-refractivity contribution in [3.8, 4) is 6.07 Å². The molecule has 1 N–H and O–H groups in total. The Labute approximate surface area is 210 Å². The summed E-state index contributed by atoms with van der Waals surface area (Å²) in [7, 11) is -4.45. The van der Waals surface area contributed by atoms with Crippen LogP contribution in [0.25, 0.3) is 0 Å². The number of anilines is 1. The van der Waals surface area contributed by atoms with Crippen LogP contribution in [0.4, 0.5) is 32.0 Å². The lowest BCUT2D eigenvalue weighted by molar-refractivity contribution is -0.146. The lowest BCUT2D eigenvalue weighted by atomic mass is 10.1. The molecule has 2 saturated carbocycles. The smallest absolute Gasteiger partial charge is 0.369 e. The van der Waals surface area contributed by atoms with Gasteiger partial charge in [-0.1, -0.05) is 0 Å². The first kappa shape index (κ1) is 27.5. The van der Waals surface area contributed by atoms with E-state index in [1.54, 1.807) is 0 Å². The number of hydrogen-bond donors (Lipinski definition) is 1. The van der Waals surface area contributed by atoms with Gasteiger partial charge in [0.2, 0.25) is 5.91 Å². The molecular weight excluding hydrogens is 526 g/mol. The summed E-state index contributed by atoms with van der Waals surface area (Å²) in [6.45, 7) is -0.991. The number of amides is 1. The van der Waals surface area contributed by atoms with Crippen LogP contribution in [0, 0.1) is 17.2 Å². The Hall–Kier alpha value is -2.53.